The summed E-state index contributed by atoms with van der Waals surface area (Å²) in [4.78, 5) is 7.19. The predicted molar refractivity (Wildman–Crippen MR) is 121 cm³/mol. The lowest BCUT2D eigenvalue weighted by atomic mass is 10.2. The first-order valence-electron chi connectivity index (χ1n) is 8.89. The summed E-state index contributed by atoms with van der Waals surface area (Å²) in [5, 5.41) is 9.23. The number of thiazole rings is 1. The topological polar surface area (TPSA) is 28.5 Å². The summed E-state index contributed by atoms with van der Waals surface area (Å²) in [5.74, 6) is 0. The van der Waals surface area contributed by atoms with Gasteiger partial charge in [-0.2, -0.15) is 5.10 Å². The molecule has 0 fully saturated rings. The van der Waals surface area contributed by atoms with Crippen LogP contribution in [0.2, 0.25) is 0 Å². The summed E-state index contributed by atoms with van der Waals surface area (Å²) < 4.78 is 0. The Morgan fingerprint density at radius 1 is 0.857 bits per heavy atom. The third kappa shape index (κ3) is 4.68. The van der Waals surface area contributed by atoms with E-state index in [1.54, 1.807) is 28.1 Å². The van der Waals surface area contributed by atoms with E-state index in [0.29, 0.717) is 0 Å². The Morgan fingerprint density at radius 2 is 1.50 bits per heavy atom. The molecule has 0 saturated heterocycles. The molecule has 0 bridgehead atoms. The van der Waals surface area contributed by atoms with Gasteiger partial charge in [-0.15, -0.1) is 11.3 Å². The number of nitrogens with zero attached hydrogens (tertiary/aromatic N) is 3. The smallest absolute Gasteiger partial charge is 0.206 e. The minimum atomic E-state index is 0.866. The Labute approximate surface area is 173 Å². The number of hydrogen-bond acceptors (Lipinski definition) is 5. The van der Waals surface area contributed by atoms with Gasteiger partial charge < -0.3 is 0 Å². The lowest BCUT2D eigenvalue weighted by Gasteiger charge is -2.07. The molecule has 138 valence electrons. The molecule has 4 aromatic rings. The fourth-order valence-electron chi connectivity index (χ4n) is 2.61. The van der Waals surface area contributed by atoms with Crippen LogP contribution < -0.4 is 5.01 Å². The maximum absolute atomic E-state index is 4.73. The Hall–Kier alpha value is -2.89. The maximum atomic E-state index is 4.73. The molecule has 0 aliphatic carbocycles. The standard InChI is InChI=1S/C23H19N3S2/c1-26(24-16-18-8-4-2-5-9-18)23-25-22(17-27-23)19-12-14-21(15-13-19)28-20-10-6-3-7-11-20/h2-17H,1H3/b24-16+. The molecular formula is C23H19N3S2. The van der Waals surface area contributed by atoms with Gasteiger partial charge in [0.25, 0.3) is 0 Å². The Morgan fingerprint density at radius 3 is 2.21 bits per heavy atom. The lowest BCUT2D eigenvalue weighted by molar-refractivity contribution is 1.01. The van der Waals surface area contributed by atoms with Crippen molar-refractivity contribution in [2.24, 2.45) is 5.10 Å². The van der Waals surface area contributed by atoms with Gasteiger partial charge in [-0.3, -0.25) is 0 Å². The van der Waals surface area contributed by atoms with Crippen molar-refractivity contribution in [1.29, 1.82) is 0 Å². The first-order chi connectivity index (χ1) is 13.8. The molecule has 1 aromatic heterocycles. The van der Waals surface area contributed by atoms with Crippen molar-refractivity contribution in [2.45, 2.75) is 9.79 Å². The fraction of sp³-hybridized carbons (Fsp3) is 0.0435. The van der Waals surface area contributed by atoms with Crippen LogP contribution in [-0.4, -0.2) is 18.2 Å². The van der Waals surface area contributed by atoms with Gasteiger partial charge in [-0.1, -0.05) is 72.4 Å². The van der Waals surface area contributed by atoms with Gasteiger partial charge in [-0.25, -0.2) is 9.99 Å². The van der Waals surface area contributed by atoms with Gasteiger partial charge in [0.1, 0.15) is 0 Å². The molecule has 0 atom stereocenters. The van der Waals surface area contributed by atoms with Crippen LogP contribution in [0.5, 0.6) is 0 Å². The van der Waals surface area contributed by atoms with Gasteiger partial charge in [-0.05, 0) is 29.8 Å². The highest BCUT2D eigenvalue weighted by Gasteiger charge is 2.08. The van der Waals surface area contributed by atoms with Crippen molar-refractivity contribution in [3.63, 3.8) is 0 Å². The summed E-state index contributed by atoms with van der Waals surface area (Å²) in [6.45, 7) is 0. The second kappa shape index (κ2) is 8.87. The highest BCUT2D eigenvalue weighted by atomic mass is 32.2. The van der Waals surface area contributed by atoms with E-state index in [9.17, 15) is 0 Å². The number of hydrogen-bond donors (Lipinski definition) is 0. The molecule has 4 rings (SSSR count). The molecule has 1 heterocycles. The minimum absolute atomic E-state index is 0.866. The molecule has 28 heavy (non-hydrogen) atoms. The molecule has 5 heteroatoms. The van der Waals surface area contributed by atoms with Crippen LogP contribution in [0.1, 0.15) is 5.56 Å². The van der Waals surface area contributed by atoms with Gasteiger partial charge in [0, 0.05) is 27.8 Å². The average molecular weight is 402 g/mol. The van der Waals surface area contributed by atoms with Crippen LogP contribution in [-0.2, 0) is 0 Å². The summed E-state index contributed by atoms with van der Waals surface area (Å²) >= 11 is 3.35. The van der Waals surface area contributed by atoms with E-state index >= 15 is 0 Å². The fourth-order valence-corrected chi connectivity index (χ4v) is 4.20. The van der Waals surface area contributed by atoms with Crippen LogP contribution in [0.4, 0.5) is 5.13 Å². The third-order valence-corrected chi connectivity index (χ3v) is 6.00. The zero-order valence-corrected chi connectivity index (χ0v) is 17.0. The maximum Gasteiger partial charge on any atom is 0.206 e. The van der Waals surface area contributed by atoms with Crippen molar-refractivity contribution in [2.75, 3.05) is 12.1 Å². The predicted octanol–water partition coefficient (Wildman–Crippen LogP) is 6.43. The molecule has 3 nitrogen and oxygen atoms in total. The van der Waals surface area contributed by atoms with Crippen molar-refractivity contribution >= 4 is 34.4 Å². The van der Waals surface area contributed by atoms with E-state index in [2.05, 4.69) is 59.0 Å². The van der Waals surface area contributed by atoms with Gasteiger partial charge in [0.05, 0.1) is 11.9 Å². The van der Waals surface area contributed by atoms with E-state index < -0.39 is 0 Å². The second-order valence-corrected chi connectivity index (χ2v) is 8.12. The second-order valence-electron chi connectivity index (χ2n) is 6.13. The highest BCUT2D eigenvalue weighted by Crippen LogP contribution is 2.31. The van der Waals surface area contributed by atoms with Crippen LogP contribution in [0, 0.1) is 0 Å². The molecule has 0 radical (unpaired) electrons. The van der Waals surface area contributed by atoms with Gasteiger partial charge in [0.2, 0.25) is 5.13 Å². The molecule has 0 aliphatic rings. The number of anilines is 1. The summed E-state index contributed by atoms with van der Waals surface area (Å²) in [5.41, 5.74) is 3.15. The summed E-state index contributed by atoms with van der Waals surface area (Å²) in [6.07, 6.45) is 1.84. The van der Waals surface area contributed by atoms with Crippen molar-refractivity contribution in [3.8, 4) is 11.3 Å². The van der Waals surface area contributed by atoms with Crippen LogP contribution in [0.25, 0.3) is 11.3 Å². The monoisotopic (exact) mass is 401 g/mol. The number of aromatic nitrogens is 1. The van der Waals surface area contributed by atoms with E-state index in [1.165, 1.54) is 9.79 Å². The molecule has 3 aromatic carbocycles. The van der Waals surface area contributed by atoms with E-state index in [1.807, 2.05) is 49.7 Å². The van der Waals surface area contributed by atoms with E-state index in [4.69, 9.17) is 4.98 Å². The van der Waals surface area contributed by atoms with Crippen molar-refractivity contribution in [1.82, 2.24) is 4.98 Å². The van der Waals surface area contributed by atoms with Crippen LogP contribution in [0.15, 0.2) is 105 Å². The average Bonchev–Trinajstić information content (AvgIpc) is 3.24. The largest absolute Gasteiger partial charge is 0.242 e. The molecule has 0 saturated carbocycles. The van der Waals surface area contributed by atoms with Crippen LogP contribution in [0.3, 0.4) is 0 Å². The first-order valence-corrected chi connectivity index (χ1v) is 10.6. The molecule has 0 amide bonds. The van der Waals surface area contributed by atoms with Crippen molar-refractivity contribution < 1.29 is 0 Å². The van der Waals surface area contributed by atoms with E-state index in [-0.39, 0.29) is 0 Å². The number of hydrazone groups is 1. The zero-order valence-electron chi connectivity index (χ0n) is 15.4. The highest BCUT2D eigenvalue weighted by molar-refractivity contribution is 7.99. The SMILES string of the molecule is CN(/N=C/c1ccccc1)c1nc(-c2ccc(Sc3ccccc3)cc2)cs1. The molecule has 0 aliphatic heterocycles. The van der Waals surface area contributed by atoms with Gasteiger partial charge in [0.15, 0.2) is 0 Å². The summed E-state index contributed by atoms with van der Waals surface area (Å²) in [6, 6.07) is 29.0. The van der Waals surface area contributed by atoms with Crippen molar-refractivity contribution in [3.05, 3.63) is 95.9 Å². The first kappa shape index (κ1) is 18.5. The zero-order chi connectivity index (χ0) is 19.2. The van der Waals surface area contributed by atoms with Gasteiger partial charge >= 0.3 is 0 Å². The third-order valence-electron chi connectivity index (χ3n) is 4.08. The summed E-state index contributed by atoms with van der Waals surface area (Å²) in [7, 11) is 1.92. The van der Waals surface area contributed by atoms with E-state index in [0.717, 1.165) is 22.0 Å². The normalized spacial score (nSPS) is 11.0. The Kier molecular flexibility index (Phi) is 5.85. The quantitative estimate of drug-likeness (QED) is 0.275. The number of benzene rings is 3. The Bertz CT molecular complexity index is 1040. The molecule has 0 N–H and O–H groups in total. The molecular weight excluding hydrogens is 382 g/mol. The lowest BCUT2D eigenvalue weighted by Crippen LogP contribution is -2.08. The Balaban J connectivity index is 1.44. The molecule has 0 unspecified atom stereocenters. The molecule has 0 spiro atoms. The minimum Gasteiger partial charge on any atom is -0.242 e. The van der Waals surface area contributed by atoms with Crippen LogP contribution >= 0.6 is 23.1 Å². The number of rotatable bonds is 6.